The van der Waals surface area contributed by atoms with Crippen LogP contribution < -0.4 is 5.09 Å². The van der Waals surface area contributed by atoms with Gasteiger partial charge >= 0.3 is 0 Å². The zero-order valence-corrected chi connectivity index (χ0v) is 7.87. The molecule has 0 rings (SSSR count). The van der Waals surface area contributed by atoms with Crippen molar-refractivity contribution in [2.75, 3.05) is 14.1 Å². The predicted octanol–water partition coefficient (Wildman–Crippen LogP) is -0.0991. The molecule has 0 fully saturated rings. The first-order valence-corrected chi connectivity index (χ1v) is 5.39. The van der Waals surface area contributed by atoms with Crippen LogP contribution in [-0.2, 0) is 16.6 Å². The molecule has 0 aliphatic heterocycles. The van der Waals surface area contributed by atoms with E-state index in [0.717, 1.165) is 4.67 Å². The molecule has 0 aliphatic rings. The van der Waals surface area contributed by atoms with Crippen molar-refractivity contribution in [2.24, 2.45) is 0 Å². The Kier molecular flexibility index (Phi) is 3.45. The van der Waals surface area contributed by atoms with Crippen molar-refractivity contribution in [3.8, 4) is 0 Å². The summed E-state index contributed by atoms with van der Waals surface area (Å²) in [5.41, 5.74) is 0. The van der Waals surface area contributed by atoms with E-state index in [1.165, 1.54) is 21.0 Å². The molecule has 1 unspecified atom stereocenters. The molecule has 0 spiro atoms. The van der Waals surface area contributed by atoms with Crippen molar-refractivity contribution in [1.82, 2.24) is 9.76 Å². The molecule has 2 N–H and O–H groups in total. The van der Waals surface area contributed by atoms with Gasteiger partial charge < -0.3 is 4.89 Å². The van der Waals surface area contributed by atoms with Gasteiger partial charge in [-0.15, -0.1) is 0 Å². The second-order valence-electron chi connectivity index (χ2n) is 1.81. The van der Waals surface area contributed by atoms with Crippen molar-refractivity contribution in [3.63, 3.8) is 0 Å². The second kappa shape index (κ2) is 3.44. The SMILES string of the molecule is CNP(O)(=S)N(C)C(C)=O. The fraction of sp³-hybridized carbons (Fsp3) is 0.750. The molecule has 0 aromatic rings. The van der Waals surface area contributed by atoms with Gasteiger partial charge in [0.2, 0.25) is 12.5 Å². The average molecular weight is 182 g/mol. The molecule has 10 heavy (non-hydrogen) atoms. The van der Waals surface area contributed by atoms with Crippen LogP contribution in [0.4, 0.5) is 0 Å². The van der Waals surface area contributed by atoms with Crippen molar-refractivity contribution in [2.45, 2.75) is 6.92 Å². The first-order chi connectivity index (χ1) is 4.41. The summed E-state index contributed by atoms with van der Waals surface area (Å²) in [6.45, 7) is -1.40. The number of amides is 1. The van der Waals surface area contributed by atoms with Gasteiger partial charge in [0, 0.05) is 14.0 Å². The molecule has 0 radical (unpaired) electrons. The summed E-state index contributed by atoms with van der Waals surface area (Å²) in [6.07, 6.45) is 0. The topological polar surface area (TPSA) is 52.6 Å². The number of nitrogens with one attached hydrogen (secondary N) is 1. The van der Waals surface area contributed by atoms with Gasteiger partial charge in [0.15, 0.2) is 0 Å². The molecule has 1 atom stereocenters. The van der Waals surface area contributed by atoms with Gasteiger partial charge in [-0.25, -0.2) is 0 Å². The maximum Gasteiger partial charge on any atom is 0.225 e. The number of carbonyl (C=O) groups is 1. The molecule has 60 valence electrons. The second-order valence-corrected chi connectivity index (χ2v) is 5.47. The Hall–Kier alpha value is 0.0400. The van der Waals surface area contributed by atoms with E-state index in [2.05, 4.69) is 5.09 Å². The van der Waals surface area contributed by atoms with Crippen LogP contribution in [0.1, 0.15) is 6.92 Å². The first-order valence-electron chi connectivity index (χ1n) is 2.68. The minimum absolute atomic E-state index is 0.236. The summed E-state index contributed by atoms with van der Waals surface area (Å²) >= 11 is 4.70. The van der Waals surface area contributed by atoms with E-state index >= 15 is 0 Å². The zero-order valence-electron chi connectivity index (χ0n) is 6.16. The van der Waals surface area contributed by atoms with Gasteiger partial charge in [-0.1, -0.05) is 0 Å². The fourth-order valence-electron chi connectivity index (χ4n) is 0.341. The molecular weight excluding hydrogens is 171 g/mol. The molecule has 0 saturated carbocycles. The van der Waals surface area contributed by atoms with Gasteiger partial charge in [0.05, 0.1) is 0 Å². The van der Waals surface area contributed by atoms with Crippen LogP contribution in [0.3, 0.4) is 0 Å². The predicted molar refractivity (Wildman–Crippen MR) is 44.0 cm³/mol. The third kappa shape index (κ3) is 2.34. The minimum Gasteiger partial charge on any atom is -0.338 e. The quantitative estimate of drug-likeness (QED) is 0.585. The van der Waals surface area contributed by atoms with Crippen LogP contribution in [0.15, 0.2) is 0 Å². The highest BCUT2D eigenvalue weighted by molar-refractivity contribution is 8.09. The lowest BCUT2D eigenvalue weighted by molar-refractivity contribution is -0.123. The average Bonchev–Trinajstić information content (AvgIpc) is 1.86. The molecule has 0 bridgehead atoms. The number of hydrogen-bond acceptors (Lipinski definition) is 2. The lowest BCUT2D eigenvalue weighted by Gasteiger charge is -2.24. The molecule has 0 aliphatic carbocycles. The van der Waals surface area contributed by atoms with E-state index in [-0.39, 0.29) is 5.91 Å². The van der Waals surface area contributed by atoms with Gasteiger partial charge in [-0.05, 0) is 18.9 Å². The number of carbonyl (C=O) groups excluding carboxylic acids is 1. The van der Waals surface area contributed by atoms with Gasteiger partial charge in [-0.2, -0.15) is 0 Å². The Morgan fingerprint density at radius 3 is 2.30 bits per heavy atom. The summed E-state index contributed by atoms with van der Waals surface area (Å²) in [4.78, 5) is 19.9. The highest BCUT2D eigenvalue weighted by Gasteiger charge is 2.18. The van der Waals surface area contributed by atoms with Crippen molar-refractivity contribution in [3.05, 3.63) is 0 Å². The van der Waals surface area contributed by atoms with Crippen LogP contribution in [0.5, 0.6) is 0 Å². The Morgan fingerprint density at radius 2 is 2.20 bits per heavy atom. The lowest BCUT2D eigenvalue weighted by Crippen LogP contribution is -2.25. The molecule has 0 aromatic carbocycles. The van der Waals surface area contributed by atoms with E-state index in [4.69, 9.17) is 11.8 Å². The number of rotatable bonds is 2. The van der Waals surface area contributed by atoms with Crippen LogP contribution in [0.25, 0.3) is 0 Å². The third-order valence-corrected chi connectivity index (χ3v) is 4.11. The monoisotopic (exact) mass is 182 g/mol. The minimum atomic E-state index is -2.75. The molecule has 1 amide bonds. The summed E-state index contributed by atoms with van der Waals surface area (Å²) in [6, 6.07) is 0. The van der Waals surface area contributed by atoms with Crippen molar-refractivity contribution in [1.29, 1.82) is 0 Å². The van der Waals surface area contributed by atoms with Crippen LogP contribution in [0.2, 0.25) is 0 Å². The molecule has 0 saturated heterocycles. The van der Waals surface area contributed by atoms with Gasteiger partial charge in [-0.3, -0.25) is 14.6 Å². The zero-order chi connectivity index (χ0) is 8.36. The van der Waals surface area contributed by atoms with Crippen molar-refractivity contribution < 1.29 is 9.69 Å². The number of hydrogen-bond donors (Lipinski definition) is 2. The summed E-state index contributed by atoms with van der Waals surface area (Å²) in [5.74, 6) is -0.236. The molecule has 0 aromatic heterocycles. The van der Waals surface area contributed by atoms with Gasteiger partial charge in [0.1, 0.15) is 0 Å². The Morgan fingerprint density at radius 1 is 1.80 bits per heavy atom. The van der Waals surface area contributed by atoms with Gasteiger partial charge in [0.25, 0.3) is 0 Å². The van der Waals surface area contributed by atoms with E-state index in [9.17, 15) is 9.69 Å². The van der Waals surface area contributed by atoms with Crippen LogP contribution in [0, 0.1) is 0 Å². The highest BCUT2D eigenvalue weighted by atomic mass is 32.4. The fourth-order valence-corrected chi connectivity index (χ4v) is 1.37. The molecular formula is C4H11N2O2PS. The standard InChI is InChI=1S/C4H11N2O2PS/c1-4(7)6(3)9(8,10)5-2/h1-3H3,(H2,5,8,10). The van der Waals surface area contributed by atoms with E-state index in [0.29, 0.717) is 0 Å². The smallest absolute Gasteiger partial charge is 0.225 e. The molecule has 6 heteroatoms. The summed E-state index contributed by atoms with van der Waals surface area (Å²) in [5, 5.41) is 2.51. The highest BCUT2D eigenvalue weighted by Crippen LogP contribution is 2.38. The third-order valence-electron chi connectivity index (χ3n) is 1.15. The maximum absolute atomic E-state index is 10.6. The largest absolute Gasteiger partial charge is 0.338 e. The normalized spacial score (nSPS) is 16.0. The van der Waals surface area contributed by atoms with E-state index in [1.807, 2.05) is 0 Å². The Bertz CT molecular complexity index is 184. The number of nitrogens with zero attached hydrogens (tertiary/aromatic N) is 1. The maximum atomic E-state index is 10.6. The lowest BCUT2D eigenvalue weighted by atomic mass is 10.7. The first kappa shape index (κ1) is 10.0. The summed E-state index contributed by atoms with van der Waals surface area (Å²) in [7, 11) is 3.00. The molecule has 4 nitrogen and oxygen atoms in total. The van der Waals surface area contributed by atoms with E-state index < -0.39 is 6.57 Å². The Balaban J connectivity index is 4.33. The van der Waals surface area contributed by atoms with Crippen LogP contribution >= 0.6 is 6.57 Å². The van der Waals surface area contributed by atoms with E-state index in [1.54, 1.807) is 0 Å². The van der Waals surface area contributed by atoms with Crippen molar-refractivity contribution >= 4 is 24.3 Å². The summed E-state index contributed by atoms with van der Waals surface area (Å²) < 4.78 is 1.14. The van der Waals surface area contributed by atoms with Crippen LogP contribution in [-0.4, -0.2) is 29.6 Å². The molecule has 0 heterocycles. The Labute approximate surface area is 65.4 Å².